The summed E-state index contributed by atoms with van der Waals surface area (Å²) in [7, 11) is 1.57. The average molecular weight is 365 g/mol. The lowest BCUT2D eigenvalue weighted by molar-refractivity contribution is -0.383. The van der Waals surface area contributed by atoms with Gasteiger partial charge >= 0.3 is 5.69 Å². The summed E-state index contributed by atoms with van der Waals surface area (Å²) in [5, 5.41) is 17.6. The van der Waals surface area contributed by atoms with Crippen LogP contribution in [0.4, 0.5) is 23.0 Å². The van der Waals surface area contributed by atoms with Crippen molar-refractivity contribution in [3.8, 4) is 5.75 Å². The first-order valence-corrected chi connectivity index (χ1v) is 8.35. The van der Waals surface area contributed by atoms with Crippen molar-refractivity contribution < 1.29 is 9.66 Å². The van der Waals surface area contributed by atoms with Gasteiger partial charge in [-0.05, 0) is 36.2 Å². The van der Waals surface area contributed by atoms with Crippen molar-refractivity contribution in [1.29, 1.82) is 0 Å². The third-order valence-corrected chi connectivity index (χ3v) is 3.91. The number of hydrogen-bond donors (Lipinski definition) is 2. The lowest BCUT2D eigenvalue weighted by Crippen LogP contribution is -2.10. The average Bonchev–Trinajstić information content (AvgIpc) is 2.69. The topological polar surface area (TPSA) is 102 Å². The van der Waals surface area contributed by atoms with Crippen LogP contribution < -0.4 is 15.4 Å². The molecular weight excluding hydrogens is 346 g/mol. The zero-order valence-electron chi connectivity index (χ0n) is 14.8. The summed E-state index contributed by atoms with van der Waals surface area (Å²) in [6.07, 6.45) is 2.02. The second kappa shape index (κ2) is 8.61. The van der Waals surface area contributed by atoms with Gasteiger partial charge in [-0.3, -0.25) is 10.1 Å². The first-order valence-electron chi connectivity index (χ1n) is 8.35. The Morgan fingerprint density at radius 3 is 2.41 bits per heavy atom. The van der Waals surface area contributed by atoms with Crippen molar-refractivity contribution in [2.75, 3.05) is 24.3 Å². The van der Waals surface area contributed by atoms with Crippen molar-refractivity contribution in [3.05, 3.63) is 76.6 Å². The minimum atomic E-state index is -0.489. The highest BCUT2D eigenvalue weighted by molar-refractivity contribution is 5.73. The lowest BCUT2D eigenvalue weighted by Gasteiger charge is -2.10. The molecule has 8 heteroatoms. The largest absolute Gasteiger partial charge is 0.497 e. The van der Waals surface area contributed by atoms with E-state index in [0.29, 0.717) is 18.0 Å². The van der Waals surface area contributed by atoms with Gasteiger partial charge in [-0.2, -0.15) is 0 Å². The monoisotopic (exact) mass is 365 g/mol. The molecule has 2 aromatic carbocycles. The number of nitro groups is 1. The number of benzene rings is 2. The van der Waals surface area contributed by atoms with Crippen molar-refractivity contribution in [2.45, 2.75) is 6.42 Å². The van der Waals surface area contributed by atoms with Gasteiger partial charge in [0.05, 0.1) is 12.0 Å². The minimum absolute atomic E-state index is 0.127. The van der Waals surface area contributed by atoms with Crippen LogP contribution in [-0.2, 0) is 6.42 Å². The van der Waals surface area contributed by atoms with E-state index in [1.807, 2.05) is 30.3 Å². The Bertz CT molecular complexity index is 901. The first kappa shape index (κ1) is 18.1. The summed E-state index contributed by atoms with van der Waals surface area (Å²) in [6.45, 7) is 0.518. The standard InChI is InChI=1S/C19H19N5O3/c1-27-16-9-7-15(8-10-16)23-19-17(24(25)26)18(21-13-22-19)20-12-11-14-5-3-2-4-6-14/h2-10,13H,11-12H2,1H3,(H2,20,21,22,23). The summed E-state index contributed by atoms with van der Waals surface area (Å²) >= 11 is 0. The molecule has 3 rings (SSSR count). The van der Waals surface area contributed by atoms with Crippen LogP contribution >= 0.6 is 0 Å². The molecule has 1 aromatic heterocycles. The van der Waals surface area contributed by atoms with Crippen molar-refractivity contribution in [3.63, 3.8) is 0 Å². The highest BCUT2D eigenvalue weighted by atomic mass is 16.6. The quantitative estimate of drug-likeness (QED) is 0.462. The zero-order valence-corrected chi connectivity index (χ0v) is 14.8. The summed E-state index contributed by atoms with van der Waals surface area (Å²) < 4.78 is 5.11. The van der Waals surface area contributed by atoms with E-state index in [2.05, 4.69) is 20.6 Å². The van der Waals surface area contributed by atoms with Crippen LogP contribution in [0.25, 0.3) is 0 Å². The Balaban J connectivity index is 1.76. The minimum Gasteiger partial charge on any atom is -0.497 e. The Labute approximate surface area is 156 Å². The summed E-state index contributed by atoms with van der Waals surface area (Å²) in [5.41, 5.74) is 1.60. The molecule has 27 heavy (non-hydrogen) atoms. The van der Waals surface area contributed by atoms with Gasteiger partial charge in [0.25, 0.3) is 0 Å². The van der Waals surface area contributed by atoms with Crippen molar-refractivity contribution in [1.82, 2.24) is 9.97 Å². The molecule has 2 N–H and O–H groups in total. The molecule has 1 heterocycles. The number of nitrogens with zero attached hydrogens (tertiary/aromatic N) is 3. The van der Waals surface area contributed by atoms with Crippen molar-refractivity contribution in [2.24, 2.45) is 0 Å². The fourth-order valence-electron chi connectivity index (χ4n) is 2.55. The molecule has 0 spiro atoms. The maximum atomic E-state index is 11.6. The van der Waals surface area contributed by atoms with Crippen LogP contribution in [-0.4, -0.2) is 28.5 Å². The van der Waals surface area contributed by atoms with Gasteiger partial charge in [-0.1, -0.05) is 30.3 Å². The summed E-state index contributed by atoms with van der Waals surface area (Å²) in [6, 6.07) is 16.9. The number of methoxy groups -OCH3 is 1. The second-order valence-electron chi connectivity index (χ2n) is 5.69. The molecule has 3 aromatic rings. The van der Waals surface area contributed by atoms with Crippen LogP contribution in [0.1, 0.15) is 5.56 Å². The third kappa shape index (κ3) is 4.69. The van der Waals surface area contributed by atoms with Crippen LogP contribution in [0.5, 0.6) is 5.75 Å². The van der Waals surface area contributed by atoms with Crippen LogP contribution in [0.2, 0.25) is 0 Å². The number of nitrogens with one attached hydrogen (secondary N) is 2. The van der Waals surface area contributed by atoms with Crippen LogP contribution in [0, 0.1) is 10.1 Å². The fraction of sp³-hybridized carbons (Fsp3) is 0.158. The molecule has 0 aliphatic carbocycles. The van der Waals surface area contributed by atoms with E-state index in [1.165, 1.54) is 6.33 Å². The highest BCUT2D eigenvalue weighted by Crippen LogP contribution is 2.31. The Hall–Kier alpha value is -3.68. The molecule has 0 bridgehead atoms. The molecular formula is C19H19N5O3. The maximum absolute atomic E-state index is 11.6. The molecule has 0 saturated heterocycles. The van der Waals surface area contributed by atoms with E-state index in [-0.39, 0.29) is 17.3 Å². The first-order chi connectivity index (χ1) is 13.2. The number of aromatic nitrogens is 2. The normalized spacial score (nSPS) is 10.3. The highest BCUT2D eigenvalue weighted by Gasteiger charge is 2.22. The molecule has 138 valence electrons. The molecule has 0 amide bonds. The maximum Gasteiger partial charge on any atom is 0.353 e. The second-order valence-corrected chi connectivity index (χ2v) is 5.69. The van der Waals surface area contributed by atoms with Crippen molar-refractivity contribution >= 4 is 23.0 Å². The van der Waals surface area contributed by atoms with Gasteiger partial charge in [0.1, 0.15) is 12.1 Å². The van der Waals surface area contributed by atoms with E-state index in [4.69, 9.17) is 4.74 Å². The SMILES string of the molecule is COc1ccc(Nc2ncnc(NCCc3ccccc3)c2[N+](=O)[O-])cc1. The molecule has 0 unspecified atom stereocenters. The summed E-state index contributed by atoms with van der Waals surface area (Å²) in [5.74, 6) is 1.00. The molecule has 0 fully saturated rings. The summed E-state index contributed by atoms with van der Waals surface area (Å²) in [4.78, 5) is 19.2. The predicted molar refractivity (Wildman–Crippen MR) is 104 cm³/mol. The molecule has 0 radical (unpaired) electrons. The van der Waals surface area contributed by atoms with E-state index in [0.717, 1.165) is 12.0 Å². The Morgan fingerprint density at radius 1 is 1.04 bits per heavy atom. The molecule has 8 nitrogen and oxygen atoms in total. The van der Waals surface area contributed by atoms with Crippen LogP contribution in [0.15, 0.2) is 60.9 Å². The van der Waals surface area contributed by atoms with Gasteiger partial charge in [0, 0.05) is 12.2 Å². The van der Waals surface area contributed by atoms with E-state index in [9.17, 15) is 10.1 Å². The zero-order chi connectivity index (χ0) is 19.1. The number of rotatable bonds is 8. The fourth-order valence-corrected chi connectivity index (χ4v) is 2.55. The van der Waals surface area contributed by atoms with Gasteiger partial charge < -0.3 is 15.4 Å². The van der Waals surface area contributed by atoms with Gasteiger partial charge in [0.2, 0.25) is 11.6 Å². The van der Waals surface area contributed by atoms with E-state index < -0.39 is 4.92 Å². The smallest absolute Gasteiger partial charge is 0.353 e. The van der Waals surface area contributed by atoms with E-state index >= 15 is 0 Å². The molecule has 0 aliphatic heterocycles. The Morgan fingerprint density at radius 2 is 1.74 bits per heavy atom. The number of anilines is 3. The lowest BCUT2D eigenvalue weighted by atomic mass is 10.1. The number of ether oxygens (including phenoxy) is 1. The van der Waals surface area contributed by atoms with Gasteiger partial charge in [0.15, 0.2) is 0 Å². The van der Waals surface area contributed by atoms with Crippen LogP contribution in [0.3, 0.4) is 0 Å². The molecule has 0 atom stereocenters. The van der Waals surface area contributed by atoms with E-state index in [1.54, 1.807) is 31.4 Å². The molecule has 0 aliphatic rings. The Kier molecular flexibility index (Phi) is 5.78. The molecule has 0 saturated carbocycles. The number of hydrogen-bond acceptors (Lipinski definition) is 7. The van der Waals surface area contributed by atoms with Gasteiger partial charge in [-0.15, -0.1) is 0 Å². The van der Waals surface area contributed by atoms with Gasteiger partial charge in [-0.25, -0.2) is 9.97 Å². The third-order valence-electron chi connectivity index (χ3n) is 3.91. The predicted octanol–water partition coefficient (Wildman–Crippen LogP) is 3.79.